The Morgan fingerprint density at radius 2 is 2.14 bits per heavy atom. The van der Waals surface area contributed by atoms with Gasteiger partial charge in [-0.05, 0) is 6.42 Å². The first-order chi connectivity index (χ1) is 3.41. The normalized spacial score (nSPS) is 9.43. The number of rotatable bonds is 4. The molecule has 0 saturated heterocycles. The van der Waals surface area contributed by atoms with Gasteiger partial charge in [-0.2, -0.15) is 0 Å². The molecule has 0 saturated carbocycles. The minimum absolute atomic E-state index is 1.16. The molecule has 0 aromatic carbocycles. The summed E-state index contributed by atoms with van der Waals surface area (Å²) in [4.78, 5) is 0. The maximum absolute atomic E-state index is 3.07. The fraction of sp³-hybridized carbons (Fsp3) is 1.00. The molecular weight excluding hydrogens is 201 g/mol. The summed E-state index contributed by atoms with van der Waals surface area (Å²) in [5.41, 5.74) is 0. The topological polar surface area (TPSA) is 12.0 Å². The lowest BCUT2D eigenvalue weighted by atomic mass is 10.3. The van der Waals surface area contributed by atoms with E-state index in [9.17, 15) is 0 Å². The van der Waals surface area contributed by atoms with Gasteiger partial charge in [0.05, 0.1) is 0 Å². The van der Waals surface area contributed by atoms with Crippen molar-refractivity contribution in [1.29, 1.82) is 0 Å². The van der Waals surface area contributed by atoms with Crippen LogP contribution in [0.2, 0.25) is 0 Å². The highest BCUT2D eigenvalue weighted by atomic mass is 127. The zero-order valence-corrected chi connectivity index (χ0v) is 6.86. The van der Waals surface area contributed by atoms with Crippen LogP contribution in [0.15, 0.2) is 0 Å². The van der Waals surface area contributed by atoms with Crippen molar-refractivity contribution in [3.8, 4) is 0 Å². The Morgan fingerprint density at radius 1 is 1.43 bits per heavy atom. The van der Waals surface area contributed by atoms with Gasteiger partial charge >= 0.3 is 0 Å². The van der Waals surface area contributed by atoms with Gasteiger partial charge in [-0.3, -0.25) is 3.53 Å². The minimum atomic E-state index is 1.16. The number of hydrogen-bond acceptors (Lipinski definition) is 1. The van der Waals surface area contributed by atoms with E-state index in [1.165, 1.54) is 19.3 Å². The van der Waals surface area contributed by atoms with E-state index < -0.39 is 0 Å². The Labute approximate surface area is 59.4 Å². The van der Waals surface area contributed by atoms with Crippen molar-refractivity contribution in [2.45, 2.75) is 26.2 Å². The predicted octanol–water partition coefficient (Wildman–Crippen LogP) is 2.12. The van der Waals surface area contributed by atoms with Gasteiger partial charge in [0.2, 0.25) is 0 Å². The molecule has 0 fully saturated rings. The van der Waals surface area contributed by atoms with E-state index >= 15 is 0 Å². The highest BCUT2D eigenvalue weighted by molar-refractivity contribution is 14.1. The third-order valence-corrected chi connectivity index (χ3v) is 1.41. The molecule has 0 heterocycles. The van der Waals surface area contributed by atoms with Gasteiger partial charge in [-0.1, -0.05) is 19.8 Å². The van der Waals surface area contributed by atoms with Crippen molar-refractivity contribution in [1.82, 2.24) is 3.53 Å². The molecule has 0 aliphatic carbocycles. The maximum atomic E-state index is 3.07. The van der Waals surface area contributed by atoms with Crippen molar-refractivity contribution in [3.05, 3.63) is 0 Å². The molecule has 0 rings (SSSR count). The molecule has 0 unspecified atom stereocenters. The third-order valence-electron chi connectivity index (χ3n) is 0.875. The molecule has 0 radical (unpaired) electrons. The Kier molecular flexibility index (Phi) is 7.35. The highest BCUT2D eigenvalue weighted by Crippen LogP contribution is 1.91. The molecule has 0 aliphatic heterocycles. The van der Waals surface area contributed by atoms with Crippen LogP contribution in [0, 0.1) is 0 Å². The number of hydrogen-bond donors (Lipinski definition) is 1. The fourth-order valence-electron chi connectivity index (χ4n) is 0.442. The van der Waals surface area contributed by atoms with Crippen LogP contribution in [0.5, 0.6) is 0 Å². The number of unbranched alkanes of at least 4 members (excludes halogenated alkanes) is 2. The number of halogens is 1. The van der Waals surface area contributed by atoms with Gasteiger partial charge in [0.25, 0.3) is 0 Å². The van der Waals surface area contributed by atoms with Crippen molar-refractivity contribution >= 4 is 22.9 Å². The van der Waals surface area contributed by atoms with Crippen LogP contribution >= 0.6 is 22.9 Å². The van der Waals surface area contributed by atoms with Gasteiger partial charge in [-0.15, -0.1) is 0 Å². The van der Waals surface area contributed by atoms with Crippen molar-refractivity contribution in [2.75, 3.05) is 6.54 Å². The molecule has 0 spiro atoms. The summed E-state index contributed by atoms with van der Waals surface area (Å²) in [5, 5.41) is 0. The summed E-state index contributed by atoms with van der Waals surface area (Å²) in [6.07, 6.45) is 3.99. The van der Waals surface area contributed by atoms with Crippen LogP contribution in [0.4, 0.5) is 0 Å². The second kappa shape index (κ2) is 6.69. The molecule has 0 aromatic heterocycles. The van der Waals surface area contributed by atoms with Crippen LogP contribution < -0.4 is 3.53 Å². The van der Waals surface area contributed by atoms with Gasteiger partial charge in [0, 0.05) is 29.4 Å². The average Bonchev–Trinajstić information content (AvgIpc) is 1.69. The van der Waals surface area contributed by atoms with Crippen molar-refractivity contribution in [2.24, 2.45) is 0 Å². The van der Waals surface area contributed by atoms with Crippen LogP contribution in [0.3, 0.4) is 0 Å². The first-order valence-corrected chi connectivity index (χ1v) is 3.83. The van der Waals surface area contributed by atoms with Crippen LogP contribution in [-0.2, 0) is 0 Å². The summed E-state index contributed by atoms with van der Waals surface area (Å²) in [7, 11) is 0. The van der Waals surface area contributed by atoms with Crippen molar-refractivity contribution in [3.63, 3.8) is 0 Å². The van der Waals surface area contributed by atoms with Crippen LogP contribution in [-0.4, -0.2) is 6.54 Å². The summed E-state index contributed by atoms with van der Waals surface area (Å²) >= 11 is 2.18. The second-order valence-corrected chi connectivity index (χ2v) is 2.35. The minimum Gasteiger partial charge on any atom is -0.261 e. The van der Waals surface area contributed by atoms with Crippen molar-refractivity contribution < 1.29 is 0 Å². The van der Waals surface area contributed by atoms with E-state index in [1.54, 1.807) is 0 Å². The lowest BCUT2D eigenvalue weighted by molar-refractivity contribution is 0.716. The lowest BCUT2D eigenvalue weighted by Crippen LogP contribution is -1.98. The molecule has 7 heavy (non-hydrogen) atoms. The van der Waals surface area contributed by atoms with E-state index in [0.29, 0.717) is 0 Å². The molecule has 0 aliphatic rings. The van der Waals surface area contributed by atoms with Crippen LogP contribution in [0.1, 0.15) is 26.2 Å². The molecule has 0 atom stereocenters. The van der Waals surface area contributed by atoms with E-state index in [0.717, 1.165) is 6.54 Å². The molecular formula is C5H12IN. The van der Waals surface area contributed by atoms with E-state index in [2.05, 4.69) is 33.3 Å². The molecule has 0 bridgehead atoms. The average molecular weight is 213 g/mol. The fourth-order valence-corrected chi connectivity index (χ4v) is 0.823. The lowest BCUT2D eigenvalue weighted by Gasteiger charge is -1.91. The molecule has 0 amide bonds. The van der Waals surface area contributed by atoms with Gasteiger partial charge < -0.3 is 0 Å². The third kappa shape index (κ3) is 6.69. The zero-order chi connectivity index (χ0) is 5.54. The summed E-state index contributed by atoms with van der Waals surface area (Å²) in [6, 6.07) is 0. The number of nitrogens with one attached hydrogen (secondary N) is 1. The predicted molar refractivity (Wildman–Crippen MR) is 41.5 cm³/mol. The van der Waals surface area contributed by atoms with E-state index in [-0.39, 0.29) is 0 Å². The second-order valence-electron chi connectivity index (χ2n) is 1.59. The molecule has 1 nitrogen and oxygen atoms in total. The van der Waals surface area contributed by atoms with Gasteiger partial charge in [-0.25, -0.2) is 0 Å². The SMILES string of the molecule is CCCCCNI. The first kappa shape index (κ1) is 7.69. The Morgan fingerprint density at radius 3 is 2.57 bits per heavy atom. The largest absolute Gasteiger partial charge is 0.261 e. The smallest absolute Gasteiger partial charge is 0.0169 e. The van der Waals surface area contributed by atoms with Crippen LogP contribution in [0.25, 0.3) is 0 Å². The monoisotopic (exact) mass is 213 g/mol. The van der Waals surface area contributed by atoms with E-state index in [4.69, 9.17) is 0 Å². The summed E-state index contributed by atoms with van der Waals surface area (Å²) < 4.78 is 3.07. The zero-order valence-electron chi connectivity index (χ0n) is 4.71. The molecule has 1 N–H and O–H groups in total. The quantitative estimate of drug-likeness (QED) is 0.428. The molecule has 2 heteroatoms. The Bertz CT molecular complexity index is 27.3. The highest BCUT2D eigenvalue weighted by Gasteiger charge is 1.79. The Hall–Kier alpha value is 0.690. The molecule has 0 aromatic rings. The van der Waals surface area contributed by atoms with Gasteiger partial charge in [0.1, 0.15) is 0 Å². The summed E-state index contributed by atoms with van der Waals surface area (Å²) in [6.45, 7) is 3.38. The van der Waals surface area contributed by atoms with Gasteiger partial charge in [0.15, 0.2) is 0 Å². The standard InChI is InChI=1S/C5H12IN/c1-2-3-4-5-7-6/h7H,2-5H2,1H3. The maximum Gasteiger partial charge on any atom is 0.0169 e. The Balaban J connectivity index is 2.45. The first-order valence-electron chi connectivity index (χ1n) is 2.75. The summed E-state index contributed by atoms with van der Waals surface area (Å²) in [5.74, 6) is 0. The molecule has 44 valence electrons. The van der Waals surface area contributed by atoms with E-state index in [1.807, 2.05) is 0 Å².